The molecule has 0 radical (unpaired) electrons. The number of carboxylic acids is 1. The Bertz CT molecular complexity index is 579. The molecule has 0 aromatic heterocycles. The summed E-state index contributed by atoms with van der Waals surface area (Å²) in [6.45, 7) is 1.83. The van der Waals surface area contributed by atoms with Crippen molar-refractivity contribution in [1.82, 2.24) is 9.03 Å². The molecule has 8 heteroatoms. The molecule has 0 unspecified atom stereocenters. The van der Waals surface area contributed by atoms with Gasteiger partial charge in [0.1, 0.15) is 0 Å². The van der Waals surface area contributed by atoms with Crippen molar-refractivity contribution in [2.75, 3.05) is 32.8 Å². The van der Waals surface area contributed by atoms with Gasteiger partial charge in [-0.3, -0.25) is 0 Å². The van der Waals surface area contributed by atoms with Crippen molar-refractivity contribution in [3.63, 3.8) is 0 Å². The lowest BCUT2D eigenvalue weighted by Gasteiger charge is -2.26. The highest BCUT2D eigenvalue weighted by Gasteiger charge is 2.23. The van der Waals surface area contributed by atoms with Crippen molar-refractivity contribution in [3.05, 3.63) is 35.4 Å². The van der Waals surface area contributed by atoms with E-state index in [-0.39, 0.29) is 12.1 Å². The Balaban J connectivity index is 1.84. The van der Waals surface area contributed by atoms with E-state index >= 15 is 0 Å². The maximum absolute atomic E-state index is 12.0. The molecule has 21 heavy (non-hydrogen) atoms. The SMILES string of the molecule is O=C(O)c1ccc(CCNS(=O)(=O)N2CCOCC2)cc1. The third-order valence-electron chi connectivity index (χ3n) is 3.21. The molecule has 0 amide bonds. The van der Waals surface area contributed by atoms with Gasteiger partial charge in [0.05, 0.1) is 18.8 Å². The van der Waals surface area contributed by atoms with Crippen LogP contribution in [0.15, 0.2) is 24.3 Å². The van der Waals surface area contributed by atoms with Crippen molar-refractivity contribution in [2.45, 2.75) is 6.42 Å². The minimum Gasteiger partial charge on any atom is -0.478 e. The molecular weight excluding hydrogens is 296 g/mol. The van der Waals surface area contributed by atoms with Crippen molar-refractivity contribution in [2.24, 2.45) is 0 Å². The first kappa shape index (κ1) is 15.9. The van der Waals surface area contributed by atoms with Crippen LogP contribution in [-0.4, -0.2) is 56.6 Å². The average molecular weight is 314 g/mol. The van der Waals surface area contributed by atoms with Gasteiger partial charge < -0.3 is 9.84 Å². The third kappa shape index (κ3) is 4.50. The summed E-state index contributed by atoms with van der Waals surface area (Å²) in [5.74, 6) is -0.977. The minimum absolute atomic E-state index is 0.215. The first-order chi connectivity index (χ1) is 9.99. The van der Waals surface area contributed by atoms with Crippen LogP contribution >= 0.6 is 0 Å². The number of aromatic carboxylic acids is 1. The molecular formula is C13H18N2O5S. The van der Waals surface area contributed by atoms with E-state index in [0.29, 0.717) is 32.7 Å². The van der Waals surface area contributed by atoms with Crippen LogP contribution in [0.2, 0.25) is 0 Å². The summed E-state index contributed by atoms with van der Waals surface area (Å²) in [5.41, 5.74) is 1.09. The number of hydrogen-bond acceptors (Lipinski definition) is 4. The van der Waals surface area contributed by atoms with Crippen LogP contribution in [0.5, 0.6) is 0 Å². The van der Waals surface area contributed by atoms with Gasteiger partial charge in [-0.25, -0.2) is 9.52 Å². The summed E-state index contributed by atoms with van der Waals surface area (Å²) >= 11 is 0. The number of ether oxygens (including phenoxy) is 1. The second kappa shape index (κ2) is 6.99. The number of rotatable bonds is 6. The minimum atomic E-state index is -3.47. The maximum Gasteiger partial charge on any atom is 0.335 e. The topological polar surface area (TPSA) is 95.9 Å². The average Bonchev–Trinajstić information content (AvgIpc) is 2.48. The lowest BCUT2D eigenvalue weighted by atomic mass is 10.1. The van der Waals surface area contributed by atoms with Crippen LogP contribution in [-0.2, 0) is 21.4 Å². The van der Waals surface area contributed by atoms with Gasteiger partial charge in [0.15, 0.2) is 0 Å². The summed E-state index contributed by atoms with van der Waals surface area (Å²) in [6, 6.07) is 6.39. The van der Waals surface area contributed by atoms with Crippen molar-refractivity contribution in [3.8, 4) is 0 Å². The Hall–Kier alpha value is -1.48. The molecule has 116 valence electrons. The molecule has 0 saturated carbocycles. The van der Waals surface area contributed by atoms with Crippen LogP contribution in [0.1, 0.15) is 15.9 Å². The van der Waals surface area contributed by atoms with Gasteiger partial charge >= 0.3 is 5.97 Å². The van der Waals surface area contributed by atoms with E-state index in [2.05, 4.69) is 4.72 Å². The molecule has 2 N–H and O–H groups in total. The molecule has 1 aromatic rings. The quantitative estimate of drug-likeness (QED) is 0.776. The van der Waals surface area contributed by atoms with Crippen LogP contribution in [0.25, 0.3) is 0 Å². The van der Waals surface area contributed by atoms with Crippen LogP contribution in [0.3, 0.4) is 0 Å². The van der Waals surface area contributed by atoms with Gasteiger partial charge in [0, 0.05) is 19.6 Å². The standard InChI is InChI=1S/C13H18N2O5S/c16-13(17)12-3-1-11(2-4-12)5-6-14-21(18,19)15-7-9-20-10-8-15/h1-4,14H,5-10H2,(H,16,17). The highest BCUT2D eigenvalue weighted by atomic mass is 32.2. The van der Waals surface area contributed by atoms with Gasteiger partial charge in [-0.05, 0) is 24.1 Å². The molecule has 1 aliphatic heterocycles. The smallest absolute Gasteiger partial charge is 0.335 e. The summed E-state index contributed by atoms with van der Waals surface area (Å²) in [6.07, 6.45) is 0.503. The number of carbonyl (C=O) groups is 1. The fourth-order valence-corrected chi connectivity index (χ4v) is 3.19. The predicted molar refractivity (Wildman–Crippen MR) is 76.4 cm³/mol. The Morgan fingerprint density at radius 2 is 1.86 bits per heavy atom. The molecule has 1 aromatic carbocycles. The molecule has 1 aliphatic rings. The van der Waals surface area contributed by atoms with Gasteiger partial charge in [-0.2, -0.15) is 12.7 Å². The molecule has 1 heterocycles. The molecule has 2 rings (SSSR count). The number of morpholine rings is 1. The van der Waals surface area contributed by atoms with Gasteiger partial charge in [0.25, 0.3) is 10.2 Å². The van der Waals surface area contributed by atoms with E-state index in [1.165, 1.54) is 16.4 Å². The third-order valence-corrected chi connectivity index (χ3v) is 4.82. The number of carboxylic acid groups (broad SMARTS) is 1. The van der Waals surface area contributed by atoms with Crippen LogP contribution in [0.4, 0.5) is 0 Å². The summed E-state index contributed by atoms with van der Waals surface area (Å²) in [5, 5.41) is 8.80. The molecule has 1 saturated heterocycles. The number of hydrogen-bond donors (Lipinski definition) is 2. The zero-order chi connectivity index (χ0) is 15.3. The monoisotopic (exact) mass is 314 g/mol. The zero-order valence-electron chi connectivity index (χ0n) is 11.5. The Morgan fingerprint density at radius 3 is 2.43 bits per heavy atom. The number of nitrogens with one attached hydrogen (secondary N) is 1. The molecule has 0 spiro atoms. The second-order valence-electron chi connectivity index (χ2n) is 4.66. The van der Waals surface area contributed by atoms with E-state index in [0.717, 1.165) is 5.56 Å². The lowest BCUT2D eigenvalue weighted by molar-refractivity contribution is 0.0697. The number of benzene rings is 1. The largest absolute Gasteiger partial charge is 0.478 e. The molecule has 0 aliphatic carbocycles. The lowest BCUT2D eigenvalue weighted by Crippen LogP contribution is -2.47. The molecule has 0 atom stereocenters. The first-order valence-electron chi connectivity index (χ1n) is 6.64. The van der Waals surface area contributed by atoms with E-state index in [1.54, 1.807) is 12.1 Å². The summed E-state index contributed by atoms with van der Waals surface area (Å²) in [7, 11) is -3.47. The van der Waals surface area contributed by atoms with Crippen molar-refractivity contribution in [1.29, 1.82) is 0 Å². The Morgan fingerprint density at radius 1 is 1.24 bits per heavy atom. The fraction of sp³-hybridized carbons (Fsp3) is 0.462. The van der Waals surface area contributed by atoms with Gasteiger partial charge in [0.2, 0.25) is 0 Å². The fourth-order valence-electron chi connectivity index (χ4n) is 2.02. The maximum atomic E-state index is 12.0. The van der Waals surface area contributed by atoms with Gasteiger partial charge in [-0.15, -0.1) is 0 Å². The Labute approximate surface area is 123 Å². The first-order valence-corrected chi connectivity index (χ1v) is 8.08. The molecule has 0 bridgehead atoms. The summed E-state index contributed by atoms with van der Waals surface area (Å²) in [4.78, 5) is 10.7. The van der Waals surface area contributed by atoms with Crippen molar-refractivity contribution < 1.29 is 23.1 Å². The predicted octanol–water partition coefficient (Wildman–Crippen LogP) is 0.0939. The van der Waals surface area contributed by atoms with E-state index < -0.39 is 16.2 Å². The normalized spacial score (nSPS) is 16.8. The van der Waals surface area contributed by atoms with Crippen molar-refractivity contribution >= 4 is 16.2 Å². The van der Waals surface area contributed by atoms with E-state index in [4.69, 9.17) is 9.84 Å². The Kier molecular flexibility index (Phi) is 5.29. The summed E-state index contributed by atoms with van der Waals surface area (Å²) < 4.78 is 33.0. The highest BCUT2D eigenvalue weighted by Crippen LogP contribution is 2.06. The van der Waals surface area contributed by atoms with E-state index in [9.17, 15) is 13.2 Å². The highest BCUT2D eigenvalue weighted by molar-refractivity contribution is 7.87. The second-order valence-corrected chi connectivity index (χ2v) is 6.42. The van der Waals surface area contributed by atoms with Crippen LogP contribution < -0.4 is 4.72 Å². The van der Waals surface area contributed by atoms with Gasteiger partial charge in [-0.1, -0.05) is 12.1 Å². The van der Waals surface area contributed by atoms with E-state index in [1.807, 2.05) is 0 Å². The number of nitrogens with zero attached hydrogens (tertiary/aromatic N) is 1. The molecule has 1 fully saturated rings. The van der Waals surface area contributed by atoms with Crippen LogP contribution in [0, 0.1) is 0 Å². The zero-order valence-corrected chi connectivity index (χ0v) is 12.3. The molecule has 7 nitrogen and oxygen atoms in total.